The number of hydrogen-bond acceptors (Lipinski definition) is 5. The fraction of sp³-hybridized carbons (Fsp3) is 0.571. The average molecular weight is 313 g/mol. The van der Waals surface area contributed by atoms with Crippen molar-refractivity contribution in [3.63, 3.8) is 0 Å². The molecule has 1 unspecified atom stereocenters. The Balaban J connectivity index is 2.32. The number of anilines is 2. The molecule has 118 valence electrons. The smallest absolute Gasteiger partial charge is 0.242 e. The Morgan fingerprint density at radius 2 is 2.10 bits per heavy atom. The zero-order valence-corrected chi connectivity index (χ0v) is 13.5. The van der Waals surface area contributed by atoms with Gasteiger partial charge < -0.3 is 15.8 Å². The Hall–Kier alpha value is -1.31. The third-order valence-electron chi connectivity index (χ3n) is 3.68. The van der Waals surface area contributed by atoms with Crippen molar-refractivity contribution in [2.24, 2.45) is 0 Å². The molecule has 1 aliphatic heterocycles. The summed E-state index contributed by atoms with van der Waals surface area (Å²) in [5.74, 6) is 0. The molecule has 0 amide bonds. The van der Waals surface area contributed by atoms with E-state index in [0.29, 0.717) is 18.0 Å². The van der Waals surface area contributed by atoms with Crippen molar-refractivity contribution in [3.05, 3.63) is 18.2 Å². The lowest BCUT2D eigenvalue weighted by molar-refractivity contribution is 0.0540. The highest BCUT2D eigenvalue weighted by atomic mass is 32.2. The molecule has 0 aliphatic carbocycles. The Morgan fingerprint density at radius 1 is 1.38 bits per heavy atom. The van der Waals surface area contributed by atoms with Crippen molar-refractivity contribution in [1.82, 2.24) is 4.31 Å². The van der Waals surface area contributed by atoms with Crippen LogP contribution in [0.2, 0.25) is 0 Å². The maximum absolute atomic E-state index is 12.2. The van der Waals surface area contributed by atoms with Gasteiger partial charge >= 0.3 is 0 Å². The quantitative estimate of drug-likeness (QED) is 0.823. The highest BCUT2D eigenvalue weighted by Crippen LogP contribution is 2.30. The third kappa shape index (κ3) is 3.48. The molecule has 1 atom stereocenters. The maximum atomic E-state index is 12.2. The number of hydrogen-bond donors (Lipinski definition) is 2. The fourth-order valence-electron chi connectivity index (χ4n) is 2.37. The number of sulfonamides is 1. The van der Waals surface area contributed by atoms with Crippen LogP contribution in [0.25, 0.3) is 0 Å². The summed E-state index contributed by atoms with van der Waals surface area (Å²) >= 11 is 0. The second-order valence-corrected chi connectivity index (χ2v) is 8.03. The molecular weight excluding hydrogens is 290 g/mol. The van der Waals surface area contributed by atoms with Gasteiger partial charge in [0.05, 0.1) is 28.4 Å². The standard InChI is InChI=1S/C14H23N3O3S/c1-14(7-4-8-20-10-14)16-13-9-11(5-6-12(13)15)21(18,19)17(2)3/h5-6,9,16H,4,7-8,10,15H2,1-3H3. The summed E-state index contributed by atoms with van der Waals surface area (Å²) in [4.78, 5) is 0.226. The molecule has 1 saturated heterocycles. The van der Waals surface area contributed by atoms with Gasteiger partial charge in [-0.05, 0) is 38.0 Å². The largest absolute Gasteiger partial charge is 0.397 e. The number of rotatable bonds is 4. The van der Waals surface area contributed by atoms with Crippen LogP contribution in [0.1, 0.15) is 19.8 Å². The minimum atomic E-state index is -3.47. The van der Waals surface area contributed by atoms with Gasteiger partial charge in [0.25, 0.3) is 0 Å². The first-order valence-electron chi connectivity index (χ1n) is 6.93. The highest BCUT2D eigenvalue weighted by Gasteiger charge is 2.28. The molecule has 0 aromatic heterocycles. The van der Waals surface area contributed by atoms with E-state index in [0.717, 1.165) is 19.4 Å². The fourth-order valence-corrected chi connectivity index (χ4v) is 3.30. The lowest BCUT2D eigenvalue weighted by Crippen LogP contribution is -2.43. The SMILES string of the molecule is CN(C)S(=O)(=O)c1ccc(N)c(NC2(C)CCCOC2)c1. The summed E-state index contributed by atoms with van der Waals surface area (Å²) in [5.41, 5.74) is 6.90. The first kappa shape index (κ1) is 16.1. The minimum absolute atomic E-state index is 0.226. The van der Waals surface area contributed by atoms with Gasteiger partial charge in [-0.1, -0.05) is 0 Å². The monoisotopic (exact) mass is 313 g/mol. The van der Waals surface area contributed by atoms with Crippen molar-refractivity contribution in [2.75, 3.05) is 38.4 Å². The predicted molar refractivity (Wildman–Crippen MR) is 83.8 cm³/mol. The number of nitrogen functional groups attached to an aromatic ring is 1. The molecule has 1 heterocycles. The van der Waals surface area contributed by atoms with E-state index in [1.165, 1.54) is 24.5 Å². The number of nitrogens with one attached hydrogen (secondary N) is 1. The van der Waals surface area contributed by atoms with Crippen LogP contribution in [0.15, 0.2) is 23.1 Å². The number of nitrogens with two attached hydrogens (primary N) is 1. The van der Waals surface area contributed by atoms with E-state index >= 15 is 0 Å². The van der Waals surface area contributed by atoms with Gasteiger partial charge in [-0.3, -0.25) is 0 Å². The van der Waals surface area contributed by atoms with Crippen LogP contribution in [-0.2, 0) is 14.8 Å². The Kier molecular flexibility index (Phi) is 4.46. The summed E-state index contributed by atoms with van der Waals surface area (Å²) in [6.45, 7) is 3.40. The summed E-state index contributed by atoms with van der Waals surface area (Å²) in [6, 6.07) is 4.73. The van der Waals surface area contributed by atoms with Gasteiger partial charge in [0.2, 0.25) is 10.0 Å². The van der Waals surface area contributed by atoms with Crippen LogP contribution in [0.3, 0.4) is 0 Å². The molecule has 1 fully saturated rings. The van der Waals surface area contributed by atoms with E-state index in [-0.39, 0.29) is 10.4 Å². The Morgan fingerprint density at radius 3 is 2.67 bits per heavy atom. The van der Waals surface area contributed by atoms with E-state index in [9.17, 15) is 8.42 Å². The minimum Gasteiger partial charge on any atom is -0.397 e. The lowest BCUT2D eigenvalue weighted by Gasteiger charge is -2.35. The van der Waals surface area contributed by atoms with Crippen molar-refractivity contribution in [2.45, 2.75) is 30.2 Å². The molecule has 0 radical (unpaired) electrons. The lowest BCUT2D eigenvalue weighted by atomic mass is 9.94. The summed E-state index contributed by atoms with van der Waals surface area (Å²) < 4.78 is 31.1. The zero-order valence-electron chi connectivity index (χ0n) is 12.7. The predicted octanol–water partition coefficient (Wildman–Crippen LogP) is 1.50. The molecule has 1 aromatic carbocycles. The van der Waals surface area contributed by atoms with E-state index in [4.69, 9.17) is 10.5 Å². The van der Waals surface area contributed by atoms with Gasteiger partial charge in [0.1, 0.15) is 0 Å². The third-order valence-corrected chi connectivity index (χ3v) is 5.49. The van der Waals surface area contributed by atoms with Crippen LogP contribution in [0.4, 0.5) is 11.4 Å². The number of nitrogens with zero attached hydrogens (tertiary/aromatic N) is 1. The molecule has 1 aliphatic rings. The molecule has 0 spiro atoms. The van der Waals surface area contributed by atoms with Crippen molar-refractivity contribution >= 4 is 21.4 Å². The molecule has 0 saturated carbocycles. The highest BCUT2D eigenvalue weighted by molar-refractivity contribution is 7.89. The summed E-state index contributed by atoms with van der Waals surface area (Å²) in [6.07, 6.45) is 1.93. The summed E-state index contributed by atoms with van der Waals surface area (Å²) in [7, 11) is -0.452. The van der Waals surface area contributed by atoms with Gasteiger partial charge in [-0.25, -0.2) is 12.7 Å². The molecule has 0 bridgehead atoms. The second kappa shape index (κ2) is 5.82. The molecule has 21 heavy (non-hydrogen) atoms. The molecule has 1 aromatic rings. The van der Waals surface area contributed by atoms with Crippen molar-refractivity contribution in [1.29, 1.82) is 0 Å². The van der Waals surface area contributed by atoms with Crippen molar-refractivity contribution in [3.8, 4) is 0 Å². The van der Waals surface area contributed by atoms with E-state index in [2.05, 4.69) is 12.2 Å². The van der Waals surface area contributed by atoms with E-state index < -0.39 is 10.0 Å². The van der Waals surface area contributed by atoms with Gasteiger partial charge in [-0.15, -0.1) is 0 Å². The average Bonchev–Trinajstić information content (AvgIpc) is 2.41. The van der Waals surface area contributed by atoms with Crippen LogP contribution >= 0.6 is 0 Å². The first-order chi connectivity index (χ1) is 9.74. The normalized spacial score (nSPS) is 23.2. The van der Waals surface area contributed by atoms with Gasteiger partial charge in [0, 0.05) is 20.7 Å². The molecular formula is C14H23N3O3S. The Bertz CT molecular complexity index is 608. The topological polar surface area (TPSA) is 84.7 Å². The molecule has 3 N–H and O–H groups in total. The number of ether oxygens (including phenoxy) is 1. The maximum Gasteiger partial charge on any atom is 0.242 e. The molecule has 2 rings (SSSR count). The van der Waals surface area contributed by atoms with Gasteiger partial charge in [-0.2, -0.15) is 0 Å². The van der Waals surface area contributed by atoms with Crippen LogP contribution in [-0.4, -0.2) is 45.6 Å². The number of benzene rings is 1. The van der Waals surface area contributed by atoms with Crippen LogP contribution < -0.4 is 11.1 Å². The van der Waals surface area contributed by atoms with E-state index in [1.54, 1.807) is 12.1 Å². The van der Waals surface area contributed by atoms with Crippen molar-refractivity contribution < 1.29 is 13.2 Å². The zero-order chi connectivity index (χ0) is 15.7. The van der Waals surface area contributed by atoms with Crippen LogP contribution in [0.5, 0.6) is 0 Å². The molecule has 6 nitrogen and oxygen atoms in total. The first-order valence-corrected chi connectivity index (χ1v) is 8.37. The Labute approximate surface area is 126 Å². The second-order valence-electron chi connectivity index (χ2n) is 5.88. The molecule has 7 heteroatoms. The van der Waals surface area contributed by atoms with Gasteiger partial charge in [0.15, 0.2) is 0 Å². The summed E-state index contributed by atoms with van der Waals surface area (Å²) in [5, 5.41) is 3.34. The van der Waals surface area contributed by atoms with E-state index in [1.807, 2.05) is 0 Å². The van der Waals surface area contributed by atoms with Crippen LogP contribution in [0, 0.1) is 0 Å².